The summed E-state index contributed by atoms with van der Waals surface area (Å²) in [4.78, 5) is 32.5. The Morgan fingerprint density at radius 1 is 1.23 bits per heavy atom. The molecule has 7 nitrogen and oxygen atoms in total. The molecule has 0 bridgehead atoms. The van der Waals surface area contributed by atoms with E-state index >= 15 is 0 Å². The Morgan fingerprint density at radius 2 is 2.03 bits per heavy atom. The highest BCUT2D eigenvalue weighted by molar-refractivity contribution is 8.26. The number of carbonyl (C=O) groups is 1. The fourth-order valence-electron chi connectivity index (χ4n) is 3.24. The van der Waals surface area contributed by atoms with Crippen LogP contribution in [0.3, 0.4) is 0 Å². The van der Waals surface area contributed by atoms with Gasteiger partial charge in [0.05, 0.1) is 17.1 Å². The van der Waals surface area contributed by atoms with Crippen LogP contribution < -0.4 is 10.9 Å². The van der Waals surface area contributed by atoms with Crippen LogP contribution in [0.4, 0.5) is 5.82 Å². The Kier molecular flexibility index (Phi) is 8.01. The van der Waals surface area contributed by atoms with Crippen LogP contribution >= 0.6 is 24.0 Å². The standard InChI is InChI=1S/C21H26N4O3S2/c1-2-3-4-5-7-12-25-20(28)16(30-21(25)29)14-15-18(22-10-13-26)23-17-9-6-8-11-24(17)19(15)27/h6,8-9,11,14,22,26H,2-5,7,10,12-13H2,1H3/b16-14-. The molecule has 0 aliphatic carbocycles. The molecule has 0 spiro atoms. The van der Waals surface area contributed by atoms with E-state index in [0.717, 1.165) is 19.3 Å². The smallest absolute Gasteiger partial charge is 0.267 e. The molecule has 1 saturated heterocycles. The van der Waals surface area contributed by atoms with Gasteiger partial charge in [-0.3, -0.25) is 18.9 Å². The number of hydrogen-bond donors (Lipinski definition) is 2. The summed E-state index contributed by atoms with van der Waals surface area (Å²) in [6.45, 7) is 2.90. The Morgan fingerprint density at radius 3 is 2.80 bits per heavy atom. The molecule has 2 aromatic rings. The van der Waals surface area contributed by atoms with E-state index in [0.29, 0.717) is 27.2 Å². The van der Waals surface area contributed by atoms with Gasteiger partial charge in [0.2, 0.25) is 0 Å². The number of aliphatic hydroxyl groups excluding tert-OH is 1. The summed E-state index contributed by atoms with van der Waals surface area (Å²) in [5.74, 6) is 0.163. The van der Waals surface area contributed by atoms with Crippen molar-refractivity contribution in [2.45, 2.75) is 39.0 Å². The van der Waals surface area contributed by atoms with Crippen molar-refractivity contribution in [3.8, 4) is 0 Å². The predicted molar refractivity (Wildman–Crippen MR) is 126 cm³/mol. The van der Waals surface area contributed by atoms with Gasteiger partial charge in [-0.25, -0.2) is 4.98 Å². The molecule has 0 aromatic carbocycles. The zero-order chi connectivity index (χ0) is 21.5. The monoisotopic (exact) mass is 446 g/mol. The lowest BCUT2D eigenvalue weighted by atomic mass is 10.1. The summed E-state index contributed by atoms with van der Waals surface area (Å²) in [5.41, 5.74) is 0.473. The van der Waals surface area contributed by atoms with Gasteiger partial charge in [0.25, 0.3) is 11.5 Å². The van der Waals surface area contributed by atoms with E-state index in [1.807, 2.05) is 0 Å². The largest absolute Gasteiger partial charge is 0.395 e. The van der Waals surface area contributed by atoms with Crippen molar-refractivity contribution < 1.29 is 9.90 Å². The van der Waals surface area contributed by atoms with Gasteiger partial charge in [-0.15, -0.1) is 0 Å². The first-order valence-electron chi connectivity index (χ1n) is 10.2. The van der Waals surface area contributed by atoms with E-state index in [-0.39, 0.29) is 30.2 Å². The number of fused-ring (bicyclic) bond motifs is 1. The van der Waals surface area contributed by atoms with Gasteiger partial charge < -0.3 is 10.4 Å². The second kappa shape index (κ2) is 10.7. The van der Waals surface area contributed by atoms with Crippen molar-refractivity contribution >= 4 is 51.7 Å². The van der Waals surface area contributed by atoms with E-state index in [2.05, 4.69) is 17.2 Å². The van der Waals surface area contributed by atoms with Crippen LogP contribution in [0.25, 0.3) is 11.7 Å². The molecule has 160 valence electrons. The van der Waals surface area contributed by atoms with Gasteiger partial charge in [0.15, 0.2) is 0 Å². The molecule has 9 heteroatoms. The fourth-order valence-corrected chi connectivity index (χ4v) is 4.53. The molecule has 0 atom stereocenters. The van der Waals surface area contributed by atoms with Crippen LogP contribution in [0.5, 0.6) is 0 Å². The number of unbranched alkanes of at least 4 members (excludes halogenated alkanes) is 4. The predicted octanol–water partition coefficient (Wildman–Crippen LogP) is 3.27. The minimum absolute atomic E-state index is 0.102. The van der Waals surface area contributed by atoms with Crippen molar-refractivity contribution in [1.82, 2.24) is 14.3 Å². The number of pyridine rings is 1. The number of carbonyl (C=O) groups excluding carboxylic acids is 1. The average molecular weight is 447 g/mol. The third kappa shape index (κ3) is 5.08. The number of nitrogens with one attached hydrogen (secondary N) is 1. The van der Waals surface area contributed by atoms with Gasteiger partial charge in [-0.05, 0) is 24.6 Å². The molecule has 30 heavy (non-hydrogen) atoms. The topological polar surface area (TPSA) is 86.9 Å². The maximum Gasteiger partial charge on any atom is 0.267 e. The Bertz CT molecular complexity index is 1020. The van der Waals surface area contributed by atoms with Gasteiger partial charge >= 0.3 is 0 Å². The maximum absolute atomic E-state index is 13.1. The molecule has 0 saturated carbocycles. The van der Waals surface area contributed by atoms with Crippen molar-refractivity contribution in [2.75, 3.05) is 25.0 Å². The molecule has 2 N–H and O–H groups in total. The molecular formula is C21H26N4O3S2. The SMILES string of the molecule is CCCCCCCN1C(=O)/C(=C/c2c(NCCO)nc3ccccn3c2=O)SC1=S. The number of nitrogens with zero attached hydrogens (tertiary/aromatic N) is 3. The second-order valence-electron chi connectivity index (χ2n) is 7.01. The van der Waals surface area contributed by atoms with Gasteiger partial charge in [-0.2, -0.15) is 0 Å². The summed E-state index contributed by atoms with van der Waals surface area (Å²) in [6.07, 6.45) is 8.69. The lowest BCUT2D eigenvalue weighted by molar-refractivity contribution is -0.122. The van der Waals surface area contributed by atoms with E-state index < -0.39 is 0 Å². The summed E-state index contributed by atoms with van der Waals surface area (Å²) >= 11 is 6.61. The minimum atomic E-state index is -0.286. The first-order chi connectivity index (χ1) is 14.6. The molecule has 2 aromatic heterocycles. The number of anilines is 1. The first-order valence-corrected chi connectivity index (χ1v) is 11.4. The number of rotatable bonds is 10. The zero-order valence-corrected chi connectivity index (χ0v) is 18.6. The number of hydrogen-bond acceptors (Lipinski definition) is 7. The number of amides is 1. The number of thiocarbonyl (C=S) groups is 1. The molecule has 3 rings (SSSR count). The maximum atomic E-state index is 13.1. The molecule has 0 radical (unpaired) electrons. The fraction of sp³-hybridized carbons (Fsp3) is 0.429. The Hall–Kier alpha value is -2.23. The number of aliphatic hydroxyl groups is 1. The van der Waals surface area contributed by atoms with Crippen molar-refractivity contribution in [1.29, 1.82) is 0 Å². The second-order valence-corrected chi connectivity index (χ2v) is 8.68. The van der Waals surface area contributed by atoms with E-state index in [9.17, 15) is 9.59 Å². The van der Waals surface area contributed by atoms with Crippen molar-refractivity contribution in [3.05, 3.63) is 45.2 Å². The summed E-state index contributed by atoms with van der Waals surface area (Å²) in [5, 5.41) is 12.1. The van der Waals surface area contributed by atoms with Crippen LogP contribution in [0.15, 0.2) is 34.1 Å². The van der Waals surface area contributed by atoms with Crippen molar-refractivity contribution in [2.24, 2.45) is 0 Å². The summed E-state index contributed by atoms with van der Waals surface area (Å²) < 4.78 is 1.95. The van der Waals surface area contributed by atoms with Crippen LogP contribution in [0, 0.1) is 0 Å². The molecular weight excluding hydrogens is 420 g/mol. The highest BCUT2D eigenvalue weighted by Gasteiger charge is 2.32. The molecule has 0 unspecified atom stereocenters. The zero-order valence-electron chi connectivity index (χ0n) is 17.0. The van der Waals surface area contributed by atoms with Gasteiger partial charge in [0.1, 0.15) is 15.8 Å². The van der Waals surface area contributed by atoms with E-state index in [1.165, 1.54) is 29.0 Å². The Balaban J connectivity index is 1.88. The number of thioether (sulfide) groups is 1. The molecule has 1 aliphatic rings. The van der Waals surface area contributed by atoms with Crippen LogP contribution in [0.2, 0.25) is 0 Å². The van der Waals surface area contributed by atoms with Crippen LogP contribution in [-0.4, -0.2) is 49.3 Å². The lowest BCUT2D eigenvalue weighted by Crippen LogP contribution is -2.29. The highest BCUT2D eigenvalue weighted by Crippen LogP contribution is 2.33. The lowest BCUT2D eigenvalue weighted by Gasteiger charge is -2.14. The Labute approximate surface area is 185 Å². The summed E-state index contributed by atoms with van der Waals surface area (Å²) in [7, 11) is 0. The number of aromatic nitrogens is 2. The molecule has 1 fully saturated rings. The highest BCUT2D eigenvalue weighted by atomic mass is 32.2. The molecule has 1 aliphatic heterocycles. The third-order valence-electron chi connectivity index (χ3n) is 4.81. The van der Waals surface area contributed by atoms with Gasteiger partial charge in [-0.1, -0.05) is 62.7 Å². The minimum Gasteiger partial charge on any atom is -0.395 e. The van der Waals surface area contributed by atoms with Gasteiger partial charge in [0, 0.05) is 19.3 Å². The normalized spacial score (nSPS) is 15.5. The summed E-state index contributed by atoms with van der Waals surface area (Å²) in [6, 6.07) is 5.27. The van der Waals surface area contributed by atoms with Crippen LogP contribution in [0.1, 0.15) is 44.6 Å². The first kappa shape index (κ1) is 22.5. The van der Waals surface area contributed by atoms with Crippen molar-refractivity contribution in [3.63, 3.8) is 0 Å². The third-order valence-corrected chi connectivity index (χ3v) is 6.19. The molecule has 3 heterocycles. The quantitative estimate of drug-likeness (QED) is 0.329. The average Bonchev–Trinajstić information content (AvgIpc) is 3.01. The molecule has 1 amide bonds. The van der Waals surface area contributed by atoms with E-state index in [4.69, 9.17) is 17.3 Å². The van der Waals surface area contributed by atoms with Crippen LogP contribution in [-0.2, 0) is 4.79 Å². The van der Waals surface area contributed by atoms with E-state index in [1.54, 1.807) is 35.4 Å².